The quantitative estimate of drug-likeness (QED) is 0.161. The number of benzene rings is 1. The second kappa shape index (κ2) is 19.3. The molecule has 0 aliphatic rings. The molecule has 7 heteroatoms. The number of carbonyl (C=O) groups is 1. The average Bonchev–Trinajstić information content (AvgIpc) is 2.83. The molecule has 0 aliphatic heterocycles. The van der Waals surface area contributed by atoms with E-state index >= 15 is 0 Å². The highest BCUT2D eigenvalue weighted by molar-refractivity contribution is 5.67. The molecule has 0 spiro atoms. The van der Waals surface area contributed by atoms with Gasteiger partial charge in [0.15, 0.2) is 0 Å². The van der Waals surface area contributed by atoms with Crippen LogP contribution >= 0.6 is 0 Å². The Morgan fingerprint density at radius 3 is 2.14 bits per heavy atom. The van der Waals surface area contributed by atoms with Gasteiger partial charge in [-0.1, -0.05) is 64.4 Å². The number of amides is 1. The lowest BCUT2D eigenvalue weighted by molar-refractivity contribution is 0.0527. The Morgan fingerprint density at radius 2 is 1.56 bits per heavy atom. The number of hydrogen-bond donors (Lipinski definition) is 4. The Kier molecular flexibility index (Phi) is 17.3. The first-order valence-corrected chi connectivity index (χ1v) is 14.0. The molecule has 4 N–H and O–H groups in total. The van der Waals surface area contributed by atoms with Gasteiger partial charge in [0.25, 0.3) is 0 Å². The second-order valence-electron chi connectivity index (χ2n) is 10.6. The Labute approximate surface area is 219 Å². The zero-order valence-corrected chi connectivity index (χ0v) is 23.2. The van der Waals surface area contributed by atoms with Crippen molar-refractivity contribution in [3.63, 3.8) is 0 Å². The van der Waals surface area contributed by atoms with Crippen molar-refractivity contribution in [3.8, 4) is 5.75 Å². The van der Waals surface area contributed by atoms with Gasteiger partial charge in [-0.3, -0.25) is 0 Å². The van der Waals surface area contributed by atoms with Crippen molar-refractivity contribution in [2.75, 3.05) is 26.2 Å². The van der Waals surface area contributed by atoms with E-state index in [-0.39, 0.29) is 12.7 Å². The highest BCUT2D eigenvalue weighted by Gasteiger charge is 2.15. The van der Waals surface area contributed by atoms with Crippen molar-refractivity contribution >= 4 is 6.09 Å². The molecule has 0 saturated carbocycles. The van der Waals surface area contributed by atoms with E-state index in [1.165, 1.54) is 38.5 Å². The molecule has 1 rings (SSSR count). The molecule has 0 aliphatic carbocycles. The fourth-order valence-corrected chi connectivity index (χ4v) is 3.87. The first kappa shape index (κ1) is 32.2. The van der Waals surface area contributed by atoms with Gasteiger partial charge in [0, 0.05) is 18.7 Å². The summed E-state index contributed by atoms with van der Waals surface area (Å²) in [5.74, 6) is 0.699. The fourth-order valence-electron chi connectivity index (χ4n) is 3.87. The van der Waals surface area contributed by atoms with Crippen LogP contribution < -0.4 is 15.4 Å². The maximum atomic E-state index is 11.6. The molecule has 1 atom stereocenters. The number of rotatable bonds is 20. The molecule has 36 heavy (non-hydrogen) atoms. The number of carbonyl (C=O) groups excluding carboxylic acids is 1. The lowest BCUT2D eigenvalue weighted by Gasteiger charge is -2.19. The second-order valence-corrected chi connectivity index (χ2v) is 10.6. The van der Waals surface area contributed by atoms with Crippen molar-refractivity contribution in [1.82, 2.24) is 10.6 Å². The Bertz CT molecular complexity index is 705. The average molecular weight is 509 g/mol. The van der Waals surface area contributed by atoms with E-state index in [9.17, 15) is 15.0 Å². The number of unbranched alkanes of at least 4 members (excludes halogenated alkanes) is 9. The standard InChI is InChI=1S/C29H52N2O5/c1-5-6-20-35-27-17-16-24(21-25(27)23-32)26(33)22-30-18-14-12-10-8-7-9-11-13-15-19-31-28(34)36-29(2,3)4/h16-17,21,26,30,32-33H,5-15,18-20,22-23H2,1-4H3,(H,31,34)/t26-/m0/s1. The van der Waals surface area contributed by atoms with Crippen molar-refractivity contribution in [3.05, 3.63) is 29.3 Å². The zero-order chi connectivity index (χ0) is 26.7. The van der Waals surface area contributed by atoms with Gasteiger partial charge in [-0.05, 0) is 64.3 Å². The third kappa shape index (κ3) is 16.0. The predicted octanol–water partition coefficient (Wildman–Crippen LogP) is 6.02. The van der Waals surface area contributed by atoms with E-state index in [1.807, 2.05) is 39.0 Å². The van der Waals surface area contributed by atoms with E-state index in [1.54, 1.807) is 0 Å². The van der Waals surface area contributed by atoms with E-state index in [0.717, 1.165) is 49.8 Å². The van der Waals surface area contributed by atoms with Gasteiger partial charge in [0.2, 0.25) is 0 Å². The molecule has 0 fully saturated rings. The van der Waals surface area contributed by atoms with E-state index in [4.69, 9.17) is 9.47 Å². The summed E-state index contributed by atoms with van der Waals surface area (Å²) in [6.45, 7) is 10.3. The molecular formula is C29H52N2O5. The van der Waals surface area contributed by atoms with Crippen LogP contribution in [0.2, 0.25) is 0 Å². The Balaban J connectivity index is 2.00. The summed E-state index contributed by atoms with van der Waals surface area (Å²) in [6, 6.07) is 5.57. The summed E-state index contributed by atoms with van der Waals surface area (Å²) >= 11 is 0. The smallest absolute Gasteiger partial charge is 0.407 e. The SMILES string of the molecule is CCCCOc1ccc([C@@H](O)CNCCCCCCCCCCCNC(=O)OC(C)(C)C)cc1CO. The van der Waals surface area contributed by atoms with Gasteiger partial charge in [-0.15, -0.1) is 0 Å². The number of hydrogen-bond acceptors (Lipinski definition) is 6. The molecule has 0 bridgehead atoms. The summed E-state index contributed by atoms with van der Waals surface area (Å²) in [4.78, 5) is 11.6. The molecule has 0 aromatic heterocycles. The Hall–Kier alpha value is -1.83. The van der Waals surface area contributed by atoms with Crippen LogP contribution in [0.4, 0.5) is 4.79 Å². The van der Waals surface area contributed by atoms with Gasteiger partial charge in [-0.2, -0.15) is 0 Å². The zero-order valence-electron chi connectivity index (χ0n) is 23.2. The van der Waals surface area contributed by atoms with Gasteiger partial charge in [-0.25, -0.2) is 4.79 Å². The molecule has 208 valence electrons. The highest BCUT2D eigenvalue weighted by Crippen LogP contribution is 2.24. The summed E-state index contributed by atoms with van der Waals surface area (Å²) in [5, 5.41) is 26.3. The van der Waals surface area contributed by atoms with Crippen LogP contribution in [-0.2, 0) is 11.3 Å². The minimum atomic E-state index is -0.598. The monoisotopic (exact) mass is 508 g/mol. The van der Waals surface area contributed by atoms with Crippen LogP contribution in [0.3, 0.4) is 0 Å². The first-order chi connectivity index (χ1) is 17.3. The summed E-state index contributed by atoms with van der Waals surface area (Å²) < 4.78 is 11.0. The van der Waals surface area contributed by atoms with Gasteiger partial charge in [0.1, 0.15) is 11.4 Å². The molecule has 0 heterocycles. The molecule has 1 aromatic rings. The van der Waals surface area contributed by atoms with Crippen LogP contribution in [0.5, 0.6) is 5.75 Å². The molecule has 1 amide bonds. The normalized spacial score (nSPS) is 12.4. The van der Waals surface area contributed by atoms with E-state index in [2.05, 4.69) is 17.6 Å². The molecule has 1 aromatic carbocycles. The van der Waals surface area contributed by atoms with Crippen LogP contribution in [0.25, 0.3) is 0 Å². The third-order valence-electron chi connectivity index (χ3n) is 5.93. The number of aliphatic hydroxyl groups excluding tert-OH is 2. The van der Waals surface area contributed by atoms with Crippen molar-refractivity contribution < 1.29 is 24.5 Å². The molecular weight excluding hydrogens is 456 g/mol. The highest BCUT2D eigenvalue weighted by atomic mass is 16.6. The fraction of sp³-hybridized carbons (Fsp3) is 0.759. The molecule has 7 nitrogen and oxygen atoms in total. The van der Waals surface area contributed by atoms with Crippen LogP contribution in [-0.4, -0.2) is 48.1 Å². The van der Waals surface area contributed by atoms with Crippen molar-refractivity contribution in [1.29, 1.82) is 0 Å². The van der Waals surface area contributed by atoms with Gasteiger partial charge < -0.3 is 30.3 Å². The Morgan fingerprint density at radius 1 is 0.944 bits per heavy atom. The van der Waals surface area contributed by atoms with Crippen LogP contribution in [0.15, 0.2) is 18.2 Å². The maximum Gasteiger partial charge on any atom is 0.407 e. The molecule has 0 saturated heterocycles. The van der Waals surface area contributed by atoms with E-state index < -0.39 is 11.7 Å². The molecule has 0 unspecified atom stereocenters. The van der Waals surface area contributed by atoms with Crippen molar-refractivity contribution in [2.45, 2.75) is 117 Å². The number of nitrogens with one attached hydrogen (secondary N) is 2. The van der Waals surface area contributed by atoms with Crippen molar-refractivity contribution in [2.24, 2.45) is 0 Å². The predicted molar refractivity (Wildman–Crippen MR) is 146 cm³/mol. The number of aliphatic hydroxyl groups is 2. The first-order valence-electron chi connectivity index (χ1n) is 14.0. The lowest BCUT2D eigenvalue weighted by Crippen LogP contribution is -2.32. The van der Waals surface area contributed by atoms with Crippen LogP contribution in [0, 0.1) is 0 Å². The molecule has 0 radical (unpaired) electrons. The third-order valence-corrected chi connectivity index (χ3v) is 5.93. The topological polar surface area (TPSA) is 100 Å². The van der Waals surface area contributed by atoms with Gasteiger partial charge in [0.05, 0.1) is 19.3 Å². The summed E-state index contributed by atoms with van der Waals surface area (Å²) in [7, 11) is 0. The number of alkyl carbamates (subject to hydrolysis) is 1. The lowest BCUT2D eigenvalue weighted by atomic mass is 10.0. The summed E-state index contributed by atoms with van der Waals surface area (Å²) in [5.41, 5.74) is 1.08. The van der Waals surface area contributed by atoms with E-state index in [0.29, 0.717) is 25.4 Å². The number of ether oxygens (including phenoxy) is 2. The van der Waals surface area contributed by atoms with Crippen LogP contribution in [0.1, 0.15) is 116 Å². The maximum absolute atomic E-state index is 11.6. The van der Waals surface area contributed by atoms with Gasteiger partial charge >= 0.3 is 6.09 Å². The minimum absolute atomic E-state index is 0.0965. The minimum Gasteiger partial charge on any atom is -0.493 e. The largest absolute Gasteiger partial charge is 0.493 e. The summed E-state index contributed by atoms with van der Waals surface area (Å²) in [6.07, 6.45) is 11.8.